The monoisotopic (exact) mass is 194 g/mol. The van der Waals surface area contributed by atoms with Crippen molar-refractivity contribution in [1.29, 1.82) is 0 Å². The Morgan fingerprint density at radius 1 is 1.43 bits per heavy atom. The predicted molar refractivity (Wildman–Crippen MR) is 56.2 cm³/mol. The number of hydrogen-bond donors (Lipinski definition) is 2. The lowest BCUT2D eigenvalue weighted by molar-refractivity contribution is 0.816. The van der Waals surface area contributed by atoms with Crippen LogP contribution in [0.2, 0.25) is 0 Å². The lowest BCUT2D eigenvalue weighted by atomic mass is 10.2. The van der Waals surface area contributed by atoms with E-state index in [1.54, 1.807) is 6.08 Å². The predicted octanol–water partition coefficient (Wildman–Crippen LogP) is 1.27. The lowest BCUT2D eigenvalue weighted by Crippen LogP contribution is -2.22. The molecule has 14 heavy (non-hydrogen) atoms. The van der Waals surface area contributed by atoms with Crippen LogP contribution < -0.4 is 11.2 Å². The first-order valence-corrected chi connectivity index (χ1v) is 4.72. The van der Waals surface area contributed by atoms with Crippen molar-refractivity contribution >= 4 is 6.08 Å². The van der Waals surface area contributed by atoms with E-state index in [-0.39, 0.29) is 5.56 Å². The van der Waals surface area contributed by atoms with Crippen LogP contribution in [0.4, 0.5) is 0 Å². The van der Waals surface area contributed by atoms with Gasteiger partial charge in [0.1, 0.15) is 0 Å². The standard InChI is InChI=1S/C10H14N2O2/c1-2-3-4-5-6-8-7-11-10(14)12-9(8)13/h5-7H,2-4H2,1H3,(H2,11,12,13,14). The second-order valence-corrected chi connectivity index (χ2v) is 3.07. The smallest absolute Gasteiger partial charge is 0.314 e. The summed E-state index contributed by atoms with van der Waals surface area (Å²) in [6.07, 6.45) is 8.28. The van der Waals surface area contributed by atoms with Crippen LogP contribution in [-0.4, -0.2) is 9.97 Å². The third kappa shape index (κ3) is 3.05. The molecule has 0 fully saturated rings. The molecule has 0 atom stereocenters. The fourth-order valence-electron chi connectivity index (χ4n) is 1.08. The highest BCUT2D eigenvalue weighted by molar-refractivity contribution is 5.45. The Kier molecular flexibility index (Phi) is 3.91. The van der Waals surface area contributed by atoms with E-state index in [9.17, 15) is 9.59 Å². The zero-order chi connectivity index (χ0) is 10.4. The van der Waals surface area contributed by atoms with Crippen LogP contribution in [0.1, 0.15) is 31.7 Å². The Hall–Kier alpha value is -1.58. The molecule has 76 valence electrons. The van der Waals surface area contributed by atoms with Crippen molar-refractivity contribution in [3.8, 4) is 0 Å². The molecule has 1 heterocycles. The number of rotatable bonds is 4. The maximum atomic E-state index is 11.2. The van der Waals surface area contributed by atoms with Crippen LogP contribution in [0, 0.1) is 0 Å². The summed E-state index contributed by atoms with van der Waals surface area (Å²) in [5, 5.41) is 0. The highest BCUT2D eigenvalue weighted by Crippen LogP contribution is 1.98. The van der Waals surface area contributed by atoms with Crippen LogP contribution in [0.25, 0.3) is 6.08 Å². The van der Waals surface area contributed by atoms with Crippen molar-refractivity contribution < 1.29 is 0 Å². The Bertz CT molecular complexity index is 415. The molecular formula is C10H14N2O2. The SMILES string of the molecule is CCCCC=Cc1c[nH]c(=O)[nH]c1=O. The zero-order valence-electron chi connectivity index (χ0n) is 8.17. The van der Waals surface area contributed by atoms with E-state index in [0.29, 0.717) is 5.56 Å². The summed E-state index contributed by atoms with van der Waals surface area (Å²) in [6, 6.07) is 0. The van der Waals surface area contributed by atoms with Gasteiger partial charge in [0.25, 0.3) is 5.56 Å². The molecule has 0 bridgehead atoms. The van der Waals surface area contributed by atoms with Crippen LogP contribution in [-0.2, 0) is 0 Å². The largest absolute Gasteiger partial charge is 0.325 e. The highest BCUT2D eigenvalue weighted by Gasteiger charge is 1.93. The fourth-order valence-corrected chi connectivity index (χ4v) is 1.08. The molecule has 0 aromatic carbocycles. The van der Waals surface area contributed by atoms with Crippen molar-refractivity contribution in [3.05, 3.63) is 38.7 Å². The molecule has 0 unspecified atom stereocenters. The molecule has 1 aromatic heterocycles. The lowest BCUT2D eigenvalue weighted by Gasteiger charge is -1.91. The van der Waals surface area contributed by atoms with Gasteiger partial charge in [-0.05, 0) is 6.42 Å². The van der Waals surface area contributed by atoms with E-state index in [2.05, 4.69) is 16.9 Å². The Labute approximate surface area is 81.7 Å². The Morgan fingerprint density at radius 2 is 2.21 bits per heavy atom. The summed E-state index contributed by atoms with van der Waals surface area (Å²) in [7, 11) is 0. The molecule has 0 aliphatic heterocycles. The average Bonchev–Trinajstić information content (AvgIpc) is 2.15. The maximum Gasteiger partial charge on any atom is 0.325 e. The minimum Gasteiger partial charge on any atom is -0.314 e. The summed E-state index contributed by atoms with van der Waals surface area (Å²) < 4.78 is 0. The number of allylic oxidation sites excluding steroid dienone is 1. The summed E-state index contributed by atoms with van der Waals surface area (Å²) in [4.78, 5) is 26.4. The molecule has 1 aromatic rings. The van der Waals surface area contributed by atoms with E-state index in [1.165, 1.54) is 6.20 Å². The Balaban J connectivity index is 2.72. The quantitative estimate of drug-likeness (QED) is 0.709. The van der Waals surface area contributed by atoms with E-state index in [4.69, 9.17) is 0 Å². The maximum absolute atomic E-state index is 11.2. The number of H-pyrrole nitrogens is 2. The summed E-state index contributed by atoms with van der Waals surface area (Å²) in [5.74, 6) is 0. The van der Waals surface area contributed by atoms with Crippen molar-refractivity contribution in [2.45, 2.75) is 26.2 Å². The zero-order valence-corrected chi connectivity index (χ0v) is 8.17. The van der Waals surface area contributed by atoms with Gasteiger partial charge in [-0.1, -0.05) is 31.9 Å². The molecule has 0 saturated carbocycles. The van der Waals surface area contributed by atoms with Gasteiger partial charge in [0, 0.05) is 6.20 Å². The fraction of sp³-hybridized carbons (Fsp3) is 0.400. The van der Waals surface area contributed by atoms with Gasteiger partial charge in [-0.25, -0.2) is 4.79 Å². The third-order valence-electron chi connectivity index (χ3n) is 1.87. The van der Waals surface area contributed by atoms with Crippen molar-refractivity contribution in [2.24, 2.45) is 0 Å². The molecule has 0 aliphatic rings. The molecule has 0 aliphatic carbocycles. The van der Waals surface area contributed by atoms with Crippen LogP contribution in [0.3, 0.4) is 0 Å². The number of aromatic nitrogens is 2. The first kappa shape index (κ1) is 10.5. The molecule has 4 heteroatoms. The first-order valence-electron chi connectivity index (χ1n) is 4.72. The van der Waals surface area contributed by atoms with Gasteiger partial charge in [-0.2, -0.15) is 0 Å². The van der Waals surface area contributed by atoms with Gasteiger partial charge in [-0.15, -0.1) is 0 Å². The van der Waals surface area contributed by atoms with Gasteiger partial charge >= 0.3 is 5.69 Å². The second kappa shape index (κ2) is 5.21. The van der Waals surface area contributed by atoms with Crippen LogP contribution in [0.15, 0.2) is 21.9 Å². The van der Waals surface area contributed by atoms with E-state index in [0.717, 1.165) is 19.3 Å². The molecule has 0 saturated heterocycles. The highest BCUT2D eigenvalue weighted by atomic mass is 16.2. The normalized spacial score (nSPS) is 10.9. The summed E-state index contributed by atoms with van der Waals surface area (Å²) >= 11 is 0. The van der Waals surface area contributed by atoms with E-state index in [1.807, 2.05) is 6.08 Å². The van der Waals surface area contributed by atoms with Crippen LogP contribution in [0.5, 0.6) is 0 Å². The second-order valence-electron chi connectivity index (χ2n) is 3.07. The van der Waals surface area contributed by atoms with Crippen molar-refractivity contribution in [3.63, 3.8) is 0 Å². The average molecular weight is 194 g/mol. The molecule has 0 amide bonds. The minimum atomic E-state index is -0.472. The summed E-state index contributed by atoms with van der Waals surface area (Å²) in [6.45, 7) is 2.11. The molecule has 1 rings (SSSR count). The van der Waals surface area contributed by atoms with Gasteiger partial charge in [0.05, 0.1) is 5.56 Å². The first-order chi connectivity index (χ1) is 6.74. The number of aromatic amines is 2. The molecule has 0 radical (unpaired) electrons. The van der Waals surface area contributed by atoms with Crippen LogP contribution >= 0.6 is 0 Å². The molecule has 2 N–H and O–H groups in total. The summed E-state index contributed by atoms with van der Waals surface area (Å²) in [5.41, 5.74) is -0.331. The Morgan fingerprint density at radius 3 is 2.86 bits per heavy atom. The molecule has 4 nitrogen and oxygen atoms in total. The molecule has 0 spiro atoms. The molecular weight excluding hydrogens is 180 g/mol. The van der Waals surface area contributed by atoms with Gasteiger partial charge in [-0.3, -0.25) is 9.78 Å². The third-order valence-corrected chi connectivity index (χ3v) is 1.87. The van der Waals surface area contributed by atoms with Gasteiger partial charge < -0.3 is 4.98 Å². The van der Waals surface area contributed by atoms with Crippen molar-refractivity contribution in [1.82, 2.24) is 9.97 Å². The number of hydrogen-bond acceptors (Lipinski definition) is 2. The van der Waals surface area contributed by atoms with E-state index >= 15 is 0 Å². The van der Waals surface area contributed by atoms with E-state index < -0.39 is 5.69 Å². The number of nitrogens with one attached hydrogen (secondary N) is 2. The van der Waals surface area contributed by atoms with Gasteiger partial charge in [0.15, 0.2) is 0 Å². The van der Waals surface area contributed by atoms with Gasteiger partial charge in [0.2, 0.25) is 0 Å². The topological polar surface area (TPSA) is 65.7 Å². The van der Waals surface area contributed by atoms with Crippen molar-refractivity contribution in [2.75, 3.05) is 0 Å². The minimum absolute atomic E-state index is 0.346. The number of unbranched alkanes of at least 4 members (excludes halogenated alkanes) is 2.